The van der Waals surface area contributed by atoms with Crippen molar-refractivity contribution in [2.75, 3.05) is 19.6 Å². The average molecular weight is 269 g/mol. The number of β-amino-alcohol motifs (C(OH)–C–C–N with tert-alkyl or cyclic N) is 1. The third-order valence-corrected chi connectivity index (χ3v) is 3.84. The summed E-state index contributed by atoms with van der Waals surface area (Å²) in [4.78, 5) is 2.26. The highest BCUT2D eigenvalue weighted by Crippen LogP contribution is 2.29. The van der Waals surface area contributed by atoms with Crippen LogP contribution in [0.3, 0.4) is 0 Å². The van der Waals surface area contributed by atoms with Gasteiger partial charge in [-0.1, -0.05) is 23.7 Å². The molecule has 2 rings (SSSR count). The fourth-order valence-electron chi connectivity index (χ4n) is 2.73. The van der Waals surface area contributed by atoms with E-state index in [1.165, 1.54) is 0 Å². The molecule has 0 spiro atoms. The molecule has 2 atom stereocenters. The summed E-state index contributed by atoms with van der Waals surface area (Å²) in [5.74, 6) is 0. The Morgan fingerprint density at radius 2 is 2.33 bits per heavy atom. The van der Waals surface area contributed by atoms with Crippen LogP contribution in [0.25, 0.3) is 0 Å². The van der Waals surface area contributed by atoms with Crippen LogP contribution in [0, 0.1) is 0 Å². The van der Waals surface area contributed by atoms with Crippen LogP contribution in [0.1, 0.15) is 31.4 Å². The molecule has 0 radical (unpaired) electrons. The molecule has 1 aromatic rings. The Kier molecular flexibility index (Phi) is 4.28. The lowest BCUT2D eigenvalue weighted by molar-refractivity contribution is -0.0292. The number of nitrogens with two attached hydrogens (primary N) is 1. The topological polar surface area (TPSA) is 49.5 Å². The van der Waals surface area contributed by atoms with E-state index in [0.717, 1.165) is 30.0 Å². The first-order chi connectivity index (χ1) is 8.52. The average Bonchev–Trinajstić information content (AvgIpc) is 2.29. The zero-order valence-corrected chi connectivity index (χ0v) is 11.5. The molecule has 1 aliphatic rings. The van der Waals surface area contributed by atoms with Crippen molar-refractivity contribution < 1.29 is 5.11 Å². The molecule has 1 fully saturated rings. The van der Waals surface area contributed by atoms with Crippen molar-refractivity contribution in [1.29, 1.82) is 0 Å². The molecule has 4 heteroatoms. The van der Waals surface area contributed by atoms with Crippen LogP contribution < -0.4 is 5.73 Å². The molecule has 2 unspecified atom stereocenters. The third kappa shape index (κ3) is 3.23. The number of hydrogen-bond acceptors (Lipinski definition) is 3. The molecule has 0 bridgehead atoms. The summed E-state index contributed by atoms with van der Waals surface area (Å²) >= 11 is 6.03. The molecule has 0 saturated carbocycles. The number of benzene rings is 1. The lowest BCUT2D eigenvalue weighted by atomic mass is 9.92. The zero-order valence-electron chi connectivity index (χ0n) is 10.8. The van der Waals surface area contributed by atoms with Gasteiger partial charge in [-0.25, -0.2) is 0 Å². The molecule has 1 aromatic carbocycles. The Morgan fingerprint density at radius 3 is 2.94 bits per heavy atom. The molecular formula is C14H21ClN2O. The second-order valence-corrected chi connectivity index (χ2v) is 5.81. The lowest BCUT2D eigenvalue weighted by Gasteiger charge is -2.41. The highest BCUT2D eigenvalue weighted by atomic mass is 35.5. The highest BCUT2D eigenvalue weighted by molar-refractivity contribution is 6.30. The van der Waals surface area contributed by atoms with Crippen LogP contribution in [0.4, 0.5) is 0 Å². The summed E-state index contributed by atoms with van der Waals surface area (Å²) < 4.78 is 0. The van der Waals surface area contributed by atoms with Gasteiger partial charge in [-0.05, 0) is 44.0 Å². The minimum absolute atomic E-state index is 0.135. The summed E-state index contributed by atoms with van der Waals surface area (Å²) in [5.41, 5.74) is 6.43. The molecule has 1 saturated heterocycles. The van der Waals surface area contributed by atoms with Crippen molar-refractivity contribution in [3.05, 3.63) is 34.9 Å². The smallest absolute Gasteiger partial charge is 0.0746 e. The number of nitrogens with zero attached hydrogens (tertiary/aromatic N) is 1. The van der Waals surface area contributed by atoms with Gasteiger partial charge in [0, 0.05) is 24.2 Å². The van der Waals surface area contributed by atoms with Gasteiger partial charge in [0.1, 0.15) is 0 Å². The van der Waals surface area contributed by atoms with Crippen molar-refractivity contribution >= 4 is 11.6 Å². The van der Waals surface area contributed by atoms with Crippen LogP contribution in [-0.4, -0.2) is 35.2 Å². The first-order valence-corrected chi connectivity index (χ1v) is 6.81. The maximum atomic E-state index is 10.2. The van der Waals surface area contributed by atoms with E-state index in [1.807, 2.05) is 31.2 Å². The summed E-state index contributed by atoms with van der Waals surface area (Å²) in [6.07, 6.45) is 1.86. The number of piperidine rings is 1. The summed E-state index contributed by atoms with van der Waals surface area (Å²) in [6.45, 7) is 4.08. The number of aliphatic hydroxyl groups is 1. The standard InChI is InChI=1S/C14H21ClN2O/c1-14(18)6-3-7-17(10-14)13(9-16)11-4-2-5-12(15)8-11/h2,4-5,8,13,18H,3,6-7,9-10,16H2,1H3. The van der Waals surface area contributed by atoms with Crippen molar-refractivity contribution in [1.82, 2.24) is 4.90 Å². The molecule has 0 amide bonds. The van der Waals surface area contributed by atoms with Crippen molar-refractivity contribution in [3.63, 3.8) is 0 Å². The zero-order chi connectivity index (χ0) is 13.2. The van der Waals surface area contributed by atoms with Crippen molar-refractivity contribution in [3.8, 4) is 0 Å². The molecule has 1 heterocycles. The molecular weight excluding hydrogens is 248 g/mol. The van der Waals surface area contributed by atoms with E-state index in [4.69, 9.17) is 17.3 Å². The SMILES string of the molecule is CC1(O)CCCN(C(CN)c2cccc(Cl)c2)C1. The van der Waals surface area contributed by atoms with Gasteiger partial charge in [0.15, 0.2) is 0 Å². The summed E-state index contributed by atoms with van der Waals surface area (Å²) in [6, 6.07) is 7.96. The van der Waals surface area contributed by atoms with Crippen LogP contribution in [0.5, 0.6) is 0 Å². The number of halogens is 1. The number of hydrogen-bond donors (Lipinski definition) is 2. The summed E-state index contributed by atoms with van der Waals surface area (Å²) in [7, 11) is 0. The Morgan fingerprint density at radius 1 is 1.56 bits per heavy atom. The predicted molar refractivity (Wildman–Crippen MR) is 74.7 cm³/mol. The fraction of sp³-hybridized carbons (Fsp3) is 0.571. The van der Waals surface area contributed by atoms with Gasteiger partial charge in [-0.3, -0.25) is 4.90 Å². The van der Waals surface area contributed by atoms with Gasteiger partial charge in [-0.15, -0.1) is 0 Å². The fourth-order valence-corrected chi connectivity index (χ4v) is 2.93. The van der Waals surface area contributed by atoms with E-state index in [1.54, 1.807) is 0 Å². The van der Waals surface area contributed by atoms with E-state index in [-0.39, 0.29) is 6.04 Å². The van der Waals surface area contributed by atoms with Gasteiger partial charge < -0.3 is 10.8 Å². The van der Waals surface area contributed by atoms with Gasteiger partial charge in [0.25, 0.3) is 0 Å². The first-order valence-electron chi connectivity index (χ1n) is 6.44. The van der Waals surface area contributed by atoms with E-state index < -0.39 is 5.60 Å². The second kappa shape index (κ2) is 5.57. The third-order valence-electron chi connectivity index (χ3n) is 3.60. The molecule has 1 aliphatic heterocycles. The minimum Gasteiger partial charge on any atom is -0.389 e. The van der Waals surface area contributed by atoms with Gasteiger partial charge >= 0.3 is 0 Å². The number of likely N-dealkylation sites (tertiary alicyclic amines) is 1. The molecule has 100 valence electrons. The van der Waals surface area contributed by atoms with E-state index in [2.05, 4.69) is 4.90 Å². The van der Waals surface area contributed by atoms with Crippen molar-refractivity contribution in [2.24, 2.45) is 5.73 Å². The van der Waals surface area contributed by atoms with E-state index >= 15 is 0 Å². The van der Waals surface area contributed by atoms with Crippen molar-refractivity contribution in [2.45, 2.75) is 31.4 Å². The van der Waals surface area contributed by atoms with Crippen LogP contribution in [-0.2, 0) is 0 Å². The Hall–Kier alpha value is -0.610. The maximum absolute atomic E-state index is 10.2. The largest absolute Gasteiger partial charge is 0.389 e. The molecule has 18 heavy (non-hydrogen) atoms. The second-order valence-electron chi connectivity index (χ2n) is 5.38. The van der Waals surface area contributed by atoms with Gasteiger partial charge in [0.2, 0.25) is 0 Å². The summed E-state index contributed by atoms with van der Waals surface area (Å²) in [5, 5.41) is 10.9. The van der Waals surface area contributed by atoms with E-state index in [0.29, 0.717) is 13.1 Å². The van der Waals surface area contributed by atoms with Crippen LogP contribution >= 0.6 is 11.6 Å². The monoisotopic (exact) mass is 268 g/mol. The Bertz CT molecular complexity index is 409. The van der Waals surface area contributed by atoms with Crippen LogP contribution in [0.2, 0.25) is 5.02 Å². The predicted octanol–water partition coefficient (Wildman–Crippen LogP) is 2.19. The van der Waals surface area contributed by atoms with Gasteiger partial charge in [-0.2, -0.15) is 0 Å². The lowest BCUT2D eigenvalue weighted by Crippen LogP contribution is -2.48. The van der Waals surface area contributed by atoms with E-state index in [9.17, 15) is 5.11 Å². The normalized spacial score (nSPS) is 27.1. The van der Waals surface area contributed by atoms with Gasteiger partial charge in [0.05, 0.1) is 5.60 Å². The molecule has 0 aliphatic carbocycles. The Labute approximate surface area is 114 Å². The molecule has 0 aromatic heterocycles. The highest BCUT2D eigenvalue weighted by Gasteiger charge is 2.32. The van der Waals surface area contributed by atoms with Crippen LogP contribution in [0.15, 0.2) is 24.3 Å². The Balaban J connectivity index is 2.18. The molecule has 3 N–H and O–H groups in total. The minimum atomic E-state index is -0.607. The number of rotatable bonds is 3. The molecule has 3 nitrogen and oxygen atoms in total. The first kappa shape index (κ1) is 13.8. The maximum Gasteiger partial charge on any atom is 0.0746 e. The quantitative estimate of drug-likeness (QED) is 0.884.